The number of carbonyl (C=O) groups excluding carboxylic acids is 2. The lowest BCUT2D eigenvalue weighted by Gasteiger charge is -2.35. The molecule has 0 bridgehead atoms. The number of rotatable bonds is 3. The molecule has 5 nitrogen and oxygen atoms in total. The molecule has 7 heteroatoms. The highest BCUT2D eigenvalue weighted by atomic mass is 35.5. The van der Waals surface area contributed by atoms with Gasteiger partial charge in [-0.15, -0.1) is 0 Å². The second-order valence-corrected chi connectivity index (χ2v) is 6.16. The minimum absolute atomic E-state index is 0.282. The van der Waals surface area contributed by atoms with Gasteiger partial charge < -0.3 is 15.5 Å². The maximum absolute atomic E-state index is 13.1. The number of piperazine rings is 1. The molecular formula is C18H17ClFN3O2. The molecule has 1 saturated heterocycles. The van der Waals surface area contributed by atoms with Crippen molar-refractivity contribution in [1.29, 1.82) is 0 Å². The van der Waals surface area contributed by atoms with Crippen LogP contribution < -0.4 is 10.6 Å². The van der Waals surface area contributed by atoms with Crippen LogP contribution in [0.25, 0.3) is 0 Å². The maximum Gasteiger partial charge on any atom is 0.318 e. The SMILES string of the molecule is O=C1NCCN(C(=O)NCc2cccc(Cl)c2)C1c1ccc(F)cc1. The van der Waals surface area contributed by atoms with Crippen LogP contribution in [0, 0.1) is 5.82 Å². The summed E-state index contributed by atoms with van der Waals surface area (Å²) in [6.45, 7) is 1.05. The number of halogens is 2. The van der Waals surface area contributed by atoms with Gasteiger partial charge in [0.15, 0.2) is 0 Å². The Hall–Kier alpha value is -2.60. The third kappa shape index (κ3) is 4.09. The summed E-state index contributed by atoms with van der Waals surface area (Å²) in [6.07, 6.45) is 0. The number of carbonyl (C=O) groups is 2. The molecule has 130 valence electrons. The molecule has 0 radical (unpaired) electrons. The predicted octanol–water partition coefficient (Wildman–Crippen LogP) is 2.86. The van der Waals surface area contributed by atoms with E-state index >= 15 is 0 Å². The summed E-state index contributed by atoms with van der Waals surface area (Å²) in [7, 11) is 0. The van der Waals surface area contributed by atoms with Crippen LogP contribution in [-0.2, 0) is 11.3 Å². The zero-order valence-electron chi connectivity index (χ0n) is 13.3. The number of urea groups is 1. The van der Waals surface area contributed by atoms with E-state index in [9.17, 15) is 14.0 Å². The van der Waals surface area contributed by atoms with Crippen molar-refractivity contribution < 1.29 is 14.0 Å². The van der Waals surface area contributed by atoms with Crippen LogP contribution in [0.3, 0.4) is 0 Å². The Labute approximate surface area is 149 Å². The molecule has 0 aliphatic carbocycles. The molecule has 1 atom stereocenters. The van der Waals surface area contributed by atoms with E-state index in [-0.39, 0.29) is 11.9 Å². The van der Waals surface area contributed by atoms with E-state index in [0.29, 0.717) is 30.2 Å². The first-order valence-corrected chi connectivity index (χ1v) is 8.24. The number of nitrogens with one attached hydrogen (secondary N) is 2. The van der Waals surface area contributed by atoms with Gasteiger partial charge >= 0.3 is 6.03 Å². The fourth-order valence-corrected chi connectivity index (χ4v) is 3.00. The van der Waals surface area contributed by atoms with Crippen molar-refractivity contribution in [3.8, 4) is 0 Å². The van der Waals surface area contributed by atoms with Gasteiger partial charge in [-0.1, -0.05) is 35.9 Å². The first-order valence-electron chi connectivity index (χ1n) is 7.86. The van der Waals surface area contributed by atoms with Crippen molar-refractivity contribution in [2.45, 2.75) is 12.6 Å². The quantitative estimate of drug-likeness (QED) is 0.883. The average Bonchev–Trinajstić information content (AvgIpc) is 2.60. The molecule has 1 aliphatic heterocycles. The molecule has 1 heterocycles. The zero-order valence-corrected chi connectivity index (χ0v) is 14.1. The van der Waals surface area contributed by atoms with E-state index in [1.807, 2.05) is 6.07 Å². The average molecular weight is 362 g/mol. The summed E-state index contributed by atoms with van der Waals surface area (Å²) < 4.78 is 13.1. The normalized spacial score (nSPS) is 17.1. The van der Waals surface area contributed by atoms with Crippen LogP contribution in [-0.4, -0.2) is 29.9 Å². The van der Waals surface area contributed by atoms with Gasteiger partial charge in [0, 0.05) is 24.7 Å². The highest BCUT2D eigenvalue weighted by Gasteiger charge is 2.34. The lowest BCUT2D eigenvalue weighted by atomic mass is 10.0. The molecule has 0 saturated carbocycles. The van der Waals surface area contributed by atoms with E-state index in [1.165, 1.54) is 29.2 Å². The molecule has 1 aliphatic rings. The molecule has 2 N–H and O–H groups in total. The molecule has 2 aromatic carbocycles. The number of hydrogen-bond acceptors (Lipinski definition) is 2. The Morgan fingerprint density at radius 3 is 2.76 bits per heavy atom. The van der Waals surface area contributed by atoms with Gasteiger partial charge in [-0.05, 0) is 35.4 Å². The van der Waals surface area contributed by atoms with Crippen molar-refractivity contribution in [1.82, 2.24) is 15.5 Å². The van der Waals surface area contributed by atoms with Crippen molar-refractivity contribution in [3.63, 3.8) is 0 Å². The highest BCUT2D eigenvalue weighted by Crippen LogP contribution is 2.23. The van der Waals surface area contributed by atoms with Crippen molar-refractivity contribution in [2.24, 2.45) is 0 Å². The van der Waals surface area contributed by atoms with Crippen LogP contribution in [0.5, 0.6) is 0 Å². The molecular weight excluding hydrogens is 345 g/mol. The lowest BCUT2D eigenvalue weighted by Crippen LogP contribution is -2.54. The summed E-state index contributed by atoms with van der Waals surface area (Å²) in [6, 6.07) is 11.6. The lowest BCUT2D eigenvalue weighted by molar-refractivity contribution is -0.127. The first kappa shape index (κ1) is 17.2. The van der Waals surface area contributed by atoms with E-state index in [2.05, 4.69) is 10.6 Å². The van der Waals surface area contributed by atoms with Gasteiger partial charge in [0.25, 0.3) is 0 Å². The van der Waals surface area contributed by atoms with Gasteiger partial charge in [-0.2, -0.15) is 0 Å². The standard InChI is InChI=1S/C18H17ClFN3O2/c19-14-3-1-2-12(10-14)11-22-18(25)23-9-8-21-17(24)16(23)13-4-6-15(20)7-5-13/h1-7,10,16H,8-9,11H2,(H,21,24)(H,22,25). The highest BCUT2D eigenvalue weighted by molar-refractivity contribution is 6.30. The maximum atomic E-state index is 13.1. The molecule has 3 amide bonds. The number of benzene rings is 2. The van der Waals surface area contributed by atoms with Gasteiger partial charge in [0.05, 0.1) is 0 Å². The summed E-state index contributed by atoms with van der Waals surface area (Å²) in [5.41, 5.74) is 1.43. The number of hydrogen-bond donors (Lipinski definition) is 2. The molecule has 25 heavy (non-hydrogen) atoms. The topological polar surface area (TPSA) is 61.4 Å². The minimum atomic E-state index is -0.784. The Kier molecular flexibility index (Phi) is 5.19. The van der Waals surface area contributed by atoms with Crippen LogP contribution in [0.15, 0.2) is 48.5 Å². The Balaban J connectivity index is 1.74. The van der Waals surface area contributed by atoms with Gasteiger partial charge in [0.2, 0.25) is 5.91 Å². The Bertz CT molecular complexity index is 782. The Morgan fingerprint density at radius 1 is 1.28 bits per heavy atom. The molecule has 0 aromatic heterocycles. The second kappa shape index (κ2) is 7.53. The van der Waals surface area contributed by atoms with E-state index in [1.54, 1.807) is 18.2 Å². The van der Waals surface area contributed by atoms with Crippen molar-refractivity contribution in [2.75, 3.05) is 13.1 Å². The first-order chi connectivity index (χ1) is 12.0. The fourth-order valence-electron chi connectivity index (χ4n) is 2.79. The molecule has 1 fully saturated rings. The summed E-state index contributed by atoms with van der Waals surface area (Å²) in [4.78, 5) is 26.3. The van der Waals surface area contributed by atoms with Crippen LogP contribution in [0.1, 0.15) is 17.2 Å². The largest absolute Gasteiger partial charge is 0.352 e. The summed E-state index contributed by atoms with van der Waals surface area (Å²) in [5, 5.41) is 6.13. The van der Waals surface area contributed by atoms with Gasteiger partial charge in [-0.3, -0.25) is 4.79 Å². The van der Waals surface area contributed by atoms with Crippen LogP contribution >= 0.6 is 11.6 Å². The second-order valence-electron chi connectivity index (χ2n) is 5.73. The predicted molar refractivity (Wildman–Crippen MR) is 92.5 cm³/mol. The molecule has 3 rings (SSSR count). The molecule has 2 aromatic rings. The molecule has 0 spiro atoms. The van der Waals surface area contributed by atoms with Gasteiger partial charge in [-0.25, -0.2) is 9.18 Å². The van der Waals surface area contributed by atoms with E-state index < -0.39 is 11.9 Å². The van der Waals surface area contributed by atoms with Crippen molar-refractivity contribution in [3.05, 3.63) is 70.5 Å². The third-order valence-electron chi connectivity index (χ3n) is 3.99. The summed E-state index contributed by atoms with van der Waals surface area (Å²) in [5.74, 6) is -0.673. The van der Waals surface area contributed by atoms with Gasteiger partial charge in [0.1, 0.15) is 11.9 Å². The number of amides is 3. The smallest absolute Gasteiger partial charge is 0.318 e. The summed E-state index contributed by atoms with van der Waals surface area (Å²) >= 11 is 5.94. The van der Waals surface area contributed by atoms with E-state index in [0.717, 1.165) is 5.56 Å². The number of nitrogens with zero attached hydrogens (tertiary/aromatic N) is 1. The fraction of sp³-hybridized carbons (Fsp3) is 0.222. The van der Waals surface area contributed by atoms with E-state index in [4.69, 9.17) is 11.6 Å². The Morgan fingerprint density at radius 2 is 2.04 bits per heavy atom. The van der Waals surface area contributed by atoms with Crippen LogP contribution in [0.2, 0.25) is 5.02 Å². The zero-order chi connectivity index (χ0) is 17.8. The third-order valence-corrected chi connectivity index (χ3v) is 4.23. The minimum Gasteiger partial charge on any atom is -0.352 e. The van der Waals surface area contributed by atoms with Crippen LogP contribution in [0.4, 0.5) is 9.18 Å². The van der Waals surface area contributed by atoms with Crippen molar-refractivity contribution >= 4 is 23.5 Å². The molecule has 1 unspecified atom stereocenters. The monoisotopic (exact) mass is 361 g/mol.